The Labute approximate surface area is 177 Å². The highest BCUT2D eigenvalue weighted by atomic mass is 16.5. The van der Waals surface area contributed by atoms with E-state index in [9.17, 15) is 0 Å². The van der Waals surface area contributed by atoms with Crippen molar-refractivity contribution in [2.24, 2.45) is 11.3 Å². The van der Waals surface area contributed by atoms with E-state index in [2.05, 4.69) is 47.9 Å². The van der Waals surface area contributed by atoms with Crippen molar-refractivity contribution in [2.75, 3.05) is 39.4 Å². The standard InChI is InChI=1S/C25H40N2O2/c1-21(2)20-29-23-8-4-3-7-22(23)19-26-14-10-25(11-15-26)12-16-27(17-13-25)24-9-5-6-18-28-24/h3-4,7-8,21,24H,5-6,9-20H2,1-2H3. The Morgan fingerprint density at radius 2 is 1.76 bits per heavy atom. The molecule has 162 valence electrons. The van der Waals surface area contributed by atoms with Gasteiger partial charge in [-0.3, -0.25) is 9.80 Å². The third-order valence-electron chi connectivity index (χ3n) is 7.28. The highest BCUT2D eigenvalue weighted by Gasteiger charge is 2.39. The van der Waals surface area contributed by atoms with Gasteiger partial charge in [0, 0.05) is 31.8 Å². The summed E-state index contributed by atoms with van der Waals surface area (Å²) in [7, 11) is 0. The number of hydrogen-bond donors (Lipinski definition) is 0. The third-order valence-corrected chi connectivity index (χ3v) is 7.28. The van der Waals surface area contributed by atoms with Crippen LogP contribution >= 0.6 is 0 Å². The van der Waals surface area contributed by atoms with Crippen molar-refractivity contribution in [1.29, 1.82) is 0 Å². The summed E-state index contributed by atoms with van der Waals surface area (Å²) in [6.07, 6.45) is 9.63. The minimum absolute atomic E-state index is 0.406. The van der Waals surface area contributed by atoms with E-state index >= 15 is 0 Å². The molecule has 0 aliphatic carbocycles. The van der Waals surface area contributed by atoms with Crippen molar-refractivity contribution < 1.29 is 9.47 Å². The van der Waals surface area contributed by atoms with Crippen LogP contribution in [0.2, 0.25) is 0 Å². The Morgan fingerprint density at radius 3 is 2.45 bits per heavy atom. The van der Waals surface area contributed by atoms with Gasteiger partial charge in [0.1, 0.15) is 12.0 Å². The maximum Gasteiger partial charge on any atom is 0.123 e. The molecule has 29 heavy (non-hydrogen) atoms. The first-order valence-electron chi connectivity index (χ1n) is 11.9. The number of rotatable bonds is 6. The van der Waals surface area contributed by atoms with Crippen molar-refractivity contribution in [1.82, 2.24) is 9.80 Å². The number of likely N-dealkylation sites (tertiary alicyclic amines) is 2. The smallest absolute Gasteiger partial charge is 0.123 e. The lowest BCUT2D eigenvalue weighted by atomic mass is 9.71. The summed E-state index contributed by atoms with van der Waals surface area (Å²) in [5.74, 6) is 1.63. The minimum atomic E-state index is 0.406. The molecule has 0 aromatic heterocycles. The molecule has 0 amide bonds. The lowest BCUT2D eigenvalue weighted by Gasteiger charge is -2.48. The van der Waals surface area contributed by atoms with E-state index in [-0.39, 0.29) is 0 Å². The van der Waals surface area contributed by atoms with Crippen LogP contribution in [-0.4, -0.2) is 55.4 Å². The van der Waals surface area contributed by atoms with Gasteiger partial charge in [-0.1, -0.05) is 32.0 Å². The van der Waals surface area contributed by atoms with E-state index in [0.29, 0.717) is 17.6 Å². The van der Waals surface area contributed by atoms with Gasteiger partial charge in [-0.2, -0.15) is 0 Å². The predicted octanol–water partition coefficient (Wildman–Crippen LogP) is 4.93. The summed E-state index contributed by atoms with van der Waals surface area (Å²) in [4.78, 5) is 5.26. The number of ether oxygens (including phenoxy) is 2. The maximum absolute atomic E-state index is 6.08. The first-order chi connectivity index (χ1) is 14.1. The lowest BCUT2D eigenvalue weighted by molar-refractivity contribution is -0.109. The average molecular weight is 401 g/mol. The fourth-order valence-electron chi connectivity index (χ4n) is 5.26. The molecule has 4 heteroatoms. The van der Waals surface area contributed by atoms with Crippen LogP contribution < -0.4 is 4.74 Å². The molecule has 0 radical (unpaired) electrons. The molecule has 1 unspecified atom stereocenters. The Morgan fingerprint density at radius 1 is 1.03 bits per heavy atom. The molecule has 4 nitrogen and oxygen atoms in total. The summed E-state index contributed by atoms with van der Waals surface area (Å²) in [6, 6.07) is 8.61. The average Bonchev–Trinajstić information content (AvgIpc) is 2.76. The minimum Gasteiger partial charge on any atom is -0.493 e. The van der Waals surface area contributed by atoms with Crippen LogP contribution in [0.15, 0.2) is 24.3 Å². The van der Waals surface area contributed by atoms with Crippen molar-refractivity contribution in [3.8, 4) is 5.75 Å². The first-order valence-corrected chi connectivity index (χ1v) is 11.9. The van der Waals surface area contributed by atoms with E-state index in [0.717, 1.165) is 25.5 Å². The van der Waals surface area contributed by atoms with Crippen LogP contribution in [0.5, 0.6) is 5.75 Å². The highest BCUT2D eigenvalue weighted by Crippen LogP contribution is 2.42. The summed E-state index contributed by atoms with van der Waals surface area (Å²) >= 11 is 0. The molecular weight excluding hydrogens is 360 g/mol. The zero-order chi connectivity index (χ0) is 20.1. The Bertz CT molecular complexity index is 623. The van der Waals surface area contributed by atoms with Crippen LogP contribution in [0, 0.1) is 11.3 Å². The molecule has 1 spiro atoms. The second-order valence-corrected chi connectivity index (χ2v) is 9.95. The number of nitrogens with zero attached hydrogens (tertiary/aromatic N) is 2. The zero-order valence-corrected chi connectivity index (χ0v) is 18.6. The third kappa shape index (κ3) is 5.53. The molecule has 3 fully saturated rings. The summed E-state index contributed by atoms with van der Waals surface area (Å²) < 4.78 is 12.1. The number of piperidine rings is 2. The second kappa shape index (κ2) is 9.80. The molecule has 1 atom stereocenters. The van der Waals surface area contributed by atoms with E-state index in [1.54, 1.807) is 0 Å². The van der Waals surface area contributed by atoms with Gasteiger partial charge in [-0.15, -0.1) is 0 Å². The van der Waals surface area contributed by atoms with Crippen molar-refractivity contribution in [2.45, 2.75) is 71.6 Å². The van der Waals surface area contributed by atoms with Gasteiger partial charge in [0.05, 0.1) is 6.61 Å². The fourth-order valence-corrected chi connectivity index (χ4v) is 5.26. The van der Waals surface area contributed by atoms with Gasteiger partial charge in [0.25, 0.3) is 0 Å². The summed E-state index contributed by atoms with van der Waals surface area (Å²) in [6.45, 7) is 12.1. The summed E-state index contributed by atoms with van der Waals surface area (Å²) in [5, 5.41) is 0. The predicted molar refractivity (Wildman–Crippen MR) is 118 cm³/mol. The molecule has 3 aliphatic rings. The normalized spacial score (nSPS) is 26.1. The van der Waals surface area contributed by atoms with Crippen LogP contribution in [0.1, 0.15) is 64.4 Å². The quantitative estimate of drug-likeness (QED) is 0.676. The number of para-hydroxylation sites is 1. The first kappa shape index (κ1) is 21.1. The molecule has 0 N–H and O–H groups in total. The fraction of sp³-hybridized carbons (Fsp3) is 0.760. The topological polar surface area (TPSA) is 24.9 Å². The van der Waals surface area contributed by atoms with Gasteiger partial charge in [-0.25, -0.2) is 0 Å². The van der Waals surface area contributed by atoms with Crippen molar-refractivity contribution in [3.63, 3.8) is 0 Å². The lowest BCUT2D eigenvalue weighted by Crippen LogP contribution is -2.50. The molecule has 0 saturated carbocycles. The van der Waals surface area contributed by atoms with Crippen LogP contribution in [0.25, 0.3) is 0 Å². The van der Waals surface area contributed by atoms with Gasteiger partial charge in [-0.05, 0) is 75.4 Å². The molecule has 1 aromatic rings. The molecular formula is C25H40N2O2. The second-order valence-electron chi connectivity index (χ2n) is 9.95. The molecule has 1 aromatic carbocycles. The van der Waals surface area contributed by atoms with E-state index in [4.69, 9.17) is 9.47 Å². The SMILES string of the molecule is CC(C)COc1ccccc1CN1CCC2(CC1)CCN(C1CCCCO1)CC2. The Balaban J connectivity index is 1.26. The number of hydrogen-bond acceptors (Lipinski definition) is 4. The van der Waals surface area contributed by atoms with Crippen LogP contribution in [-0.2, 0) is 11.3 Å². The molecule has 3 heterocycles. The van der Waals surface area contributed by atoms with E-state index in [1.165, 1.54) is 76.7 Å². The Hall–Kier alpha value is -1.10. The highest BCUT2D eigenvalue weighted by molar-refractivity contribution is 5.33. The van der Waals surface area contributed by atoms with Crippen molar-refractivity contribution >= 4 is 0 Å². The largest absolute Gasteiger partial charge is 0.493 e. The molecule has 0 bridgehead atoms. The monoisotopic (exact) mass is 400 g/mol. The molecule has 4 rings (SSSR count). The van der Waals surface area contributed by atoms with Gasteiger partial charge < -0.3 is 9.47 Å². The van der Waals surface area contributed by atoms with E-state index < -0.39 is 0 Å². The molecule has 3 saturated heterocycles. The zero-order valence-electron chi connectivity index (χ0n) is 18.6. The number of benzene rings is 1. The van der Waals surface area contributed by atoms with Crippen molar-refractivity contribution in [3.05, 3.63) is 29.8 Å². The van der Waals surface area contributed by atoms with Crippen LogP contribution in [0.4, 0.5) is 0 Å². The van der Waals surface area contributed by atoms with Gasteiger partial charge in [0.2, 0.25) is 0 Å². The van der Waals surface area contributed by atoms with E-state index in [1.807, 2.05) is 0 Å². The van der Waals surface area contributed by atoms with Gasteiger partial charge >= 0.3 is 0 Å². The maximum atomic E-state index is 6.08. The summed E-state index contributed by atoms with van der Waals surface area (Å²) in [5.41, 5.74) is 1.92. The van der Waals surface area contributed by atoms with Gasteiger partial charge in [0.15, 0.2) is 0 Å². The van der Waals surface area contributed by atoms with Crippen LogP contribution in [0.3, 0.4) is 0 Å². The Kier molecular flexibility index (Phi) is 7.15. The molecule has 3 aliphatic heterocycles.